The summed E-state index contributed by atoms with van der Waals surface area (Å²) in [6.45, 7) is 0.206. The van der Waals surface area contributed by atoms with Crippen LogP contribution in [-0.2, 0) is 11.2 Å². The molecule has 0 spiro atoms. The van der Waals surface area contributed by atoms with Crippen molar-refractivity contribution >= 4 is 11.6 Å². The summed E-state index contributed by atoms with van der Waals surface area (Å²) in [4.78, 5) is 25.5. The molecule has 2 N–H and O–H groups in total. The third kappa shape index (κ3) is 2.64. The number of nitrogens with one attached hydrogen (secondary N) is 2. The maximum atomic E-state index is 11.9. The number of fused-ring (bicyclic) bond motifs is 1. The fourth-order valence-electron chi connectivity index (χ4n) is 1.96. The van der Waals surface area contributed by atoms with E-state index in [4.69, 9.17) is 9.47 Å². The summed E-state index contributed by atoms with van der Waals surface area (Å²) in [5.41, 5.74) is 1.03. The molecule has 0 atom stereocenters. The van der Waals surface area contributed by atoms with Gasteiger partial charge in [0.15, 0.2) is 11.5 Å². The Bertz CT molecular complexity index is 708. The van der Waals surface area contributed by atoms with Crippen LogP contribution < -0.4 is 20.3 Å². The van der Waals surface area contributed by atoms with E-state index in [0.717, 1.165) is 5.56 Å². The highest BCUT2D eigenvalue weighted by molar-refractivity contribution is 5.92. The molecule has 1 aromatic carbocycles. The first kappa shape index (κ1) is 12.3. The number of aromatic nitrogens is 1. The summed E-state index contributed by atoms with van der Waals surface area (Å²) in [5.74, 6) is 1.13. The lowest BCUT2D eigenvalue weighted by Crippen LogP contribution is -2.16. The van der Waals surface area contributed by atoms with Gasteiger partial charge < -0.3 is 19.8 Å². The van der Waals surface area contributed by atoms with E-state index in [2.05, 4.69) is 10.3 Å². The van der Waals surface area contributed by atoms with E-state index in [9.17, 15) is 9.59 Å². The summed E-state index contributed by atoms with van der Waals surface area (Å²) < 4.78 is 10.5. The zero-order valence-electron chi connectivity index (χ0n) is 10.5. The van der Waals surface area contributed by atoms with Crippen LogP contribution in [0.2, 0.25) is 0 Å². The number of hydrogen-bond acceptors (Lipinski definition) is 4. The van der Waals surface area contributed by atoms with Gasteiger partial charge in [-0.15, -0.1) is 0 Å². The van der Waals surface area contributed by atoms with Crippen LogP contribution in [0.25, 0.3) is 0 Å². The Labute approximate surface area is 114 Å². The van der Waals surface area contributed by atoms with Gasteiger partial charge in [0.25, 0.3) is 0 Å². The quantitative estimate of drug-likeness (QED) is 0.882. The van der Waals surface area contributed by atoms with Crippen molar-refractivity contribution in [2.45, 2.75) is 6.42 Å². The van der Waals surface area contributed by atoms with Crippen LogP contribution in [0.4, 0.5) is 5.69 Å². The first-order chi connectivity index (χ1) is 9.70. The molecular weight excluding hydrogens is 260 g/mol. The average Bonchev–Trinajstić information content (AvgIpc) is 2.86. The number of carbonyl (C=O) groups is 1. The van der Waals surface area contributed by atoms with E-state index in [0.29, 0.717) is 17.2 Å². The van der Waals surface area contributed by atoms with Crippen molar-refractivity contribution in [3.05, 3.63) is 52.4 Å². The van der Waals surface area contributed by atoms with Gasteiger partial charge in [-0.1, -0.05) is 6.07 Å². The van der Waals surface area contributed by atoms with Crippen LogP contribution in [0.5, 0.6) is 11.5 Å². The molecule has 0 aliphatic carbocycles. The normalized spacial score (nSPS) is 12.2. The number of carbonyl (C=O) groups excluding carboxylic acids is 1. The SMILES string of the molecule is O=C(Cc1ccc2c(c1)OCO2)Nc1cc[nH]c(=O)c1. The number of H-pyrrole nitrogens is 1. The molecule has 0 bridgehead atoms. The molecule has 0 saturated carbocycles. The van der Waals surface area contributed by atoms with E-state index in [1.165, 1.54) is 12.3 Å². The summed E-state index contributed by atoms with van der Waals surface area (Å²) in [6, 6.07) is 8.32. The predicted molar refractivity (Wildman–Crippen MR) is 72.0 cm³/mol. The summed E-state index contributed by atoms with van der Waals surface area (Å²) in [5, 5.41) is 2.67. The monoisotopic (exact) mass is 272 g/mol. The van der Waals surface area contributed by atoms with E-state index < -0.39 is 0 Å². The Hall–Kier alpha value is -2.76. The van der Waals surface area contributed by atoms with Crippen LogP contribution in [-0.4, -0.2) is 17.7 Å². The minimum atomic E-state index is -0.258. The summed E-state index contributed by atoms with van der Waals surface area (Å²) in [6.07, 6.45) is 1.68. The molecule has 20 heavy (non-hydrogen) atoms. The van der Waals surface area contributed by atoms with Gasteiger partial charge in [-0.25, -0.2) is 0 Å². The second kappa shape index (κ2) is 5.08. The molecule has 2 aromatic rings. The number of aromatic amines is 1. The second-order valence-electron chi connectivity index (χ2n) is 4.35. The van der Waals surface area contributed by atoms with Crippen molar-refractivity contribution in [3.8, 4) is 11.5 Å². The van der Waals surface area contributed by atoms with Crippen LogP contribution in [0.3, 0.4) is 0 Å². The van der Waals surface area contributed by atoms with Crippen LogP contribution >= 0.6 is 0 Å². The highest BCUT2D eigenvalue weighted by Gasteiger charge is 2.14. The minimum absolute atomic E-state index is 0.198. The van der Waals surface area contributed by atoms with Crippen molar-refractivity contribution in [1.29, 1.82) is 0 Å². The van der Waals surface area contributed by atoms with Gasteiger partial charge in [0.1, 0.15) is 0 Å². The Morgan fingerprint density at radius 1 is 1.20 bits per heavy atom. The smallest absolute Gasteiger partial charge is 0.249 e. The molecule has 3 rings (SSSR count). The van der Waals surface area contributed by atoms with Crippen LogP contribution in [0, 0.1) is 0 Å². The Morgan fingerprint density at radius 3 is 2.90 bits per heavy atom. The lowest BCUT2D eigenvalue weighted by atomic mass is 10.1. The van der Waals surface area contributed by atoms with E-state index in [-0.39, 0.29) is 24.7 Å². The molecule has 6 nitrogen and oxygen atoms in total. The fraction of sp³-hybridized carbons (Fsp3) is 0.143. The Balaban J connectivity index is 1.68. The van der Waals surface area contributed by atoms with Gasteiger partial charge in [-0.05, 0) is 23.8 Å². The molecular formula is C14H12N2O4. The van der Waals surface area contributed by atoms with Crippen molar-refractivity contribution < 1.29 is 14.3 Å². The Kier molecular flexibility index (Phi) is 3.12. The number of amides is 1. The number of rotatable bonds is 3. The molecule has 6 heteroatoms. The van der Waals surface area contributed by atoms with Crippen molar-refractivity contribution in [2.75, 3.05) is 12.1 Å². The zero-order chi connectivity index (χ0) is 13.9. The standard InChI is InChI=1S/C14H12N2O4/c17-13-7-10(3-4-15-13)16-14(18)6-9-1-2-11-12(5-9)20-8-19-11/h1-5,7H,6,8H2,(H2,15,16,17,18). The zero-order valence-corrected chi connectivity index (χ0v) is 10.5. The average molecular weight is 272 g/mol. The van der Waals surface area contributed by atoms with Crippen molar-refractivity contribution in [2.24, 2.45) is 0 Å². The maximum absolute atomic E-state index is 11.9. The molecule has 0 unspecified atom stereocenters. The second-order valence-corrected chi connectivity index (χ2v) is 4.35. The van der Waals surface area contributed by atoms with Gasteiger partial charge in [0.05, 0.1) is 6.42 Å². The predicted octanol–water partition coefficient (Wildman–Crippen LogP) is 1.28. The topological polar surface area (TPSA) is 80.4 Å². The lowest BCUT2D eigenvalue weighted by Gasteiger charge is -2.05. The number of anilines is 1. The first-order valence-corrected chi connectivity index (χ1v) is 6.08. The molecule has 1 aliphatic rings. The summed E-state index contributed by atoms with van der Waals surface area (Å²) >= 11 is 0. The number of hydrogen-bond donors (Lipinski definition) is 2. The van der Waals surface area contributed by atoms with Crippen molar-refractivity contribution in [3.63, 3.8) is 0 Å². The van der Waals surface area contributed by atoms with Gasteiger partial charge in [0.2, 0.25) is 18.3 Å². The minimum Gasteiger partial charge on any atom is -0.454 e. The summed E-state index contributed by atoms with van der Waals surface area (Å²) in [7, 11) is 0. The molecule has 0 radical (unpaired) electrons. The number of benzene rings is 1. The van der Waals surface area contributed by atoms with Gasteiger partial charge in [0, 0.05) is 18.0 Å². The van der Waals surface area contributed by atoms with E-state index in [1.807, 2.05) is 6.07 Å². The van der Waals surface area contributed by atoms with E-state index >= 15 is 0 Å². The molecule has 1 aromatic heterocycles. The van der Waals surface area contributed by atoms with Crippen LogP contribution in [0.15, 0.2) is 41.3 Å². The number of pyridine rings is 1. The first-order valence-electron chi connectivity index (χ1n) is 6.08. The highest BCUT2D eigenvalue weighted by Crippen LogP contribution is 2.32. The van der Waals surface area contributed by atoms with Crippen molar-refractivity contribution in [1.82, 2.24) is 4.98 Å². The van der Waals surface area contributed by atoms with Gasteiger partial charge >= 0.3 is 0 Å². The lowest BCUT2D eigenvalue weighted by molar-refractivity contribution is -0.115. The third-order valence-electron chi connectivity index (χ3n) is 2.86. The van der Waals surface area contributed by atoms with E-state index in [1.54, 1.807) is 18.2 Å². The van der Waals surface area contributed by atoms with Crippen LogP contribution in [0.1, 0.15) is 5.56 Å². The molecule has 1 aliphatic heterocycles. The largest absolute Gasteiger partial charge is 0.454 e. The molecule has 102 valence electrons. The third-order valence-corrected chi connectivity index (χ3v) is 2.86. The number of ether oxygens (including phenoxy) is 2. The molecule has 0 fully saturated rings. The highest BCUT2D eigenvalue weighted by atomic mass is 16.7. The molecule has 1 amide bonds. The fourth-order valence-corrected chi connectivity index (χ4v) is 1.96. The maximum Gasteiger partial charge on any atom is 0.249 e. The van der Waals surface area contributed by atoms with Gasteiger partial charge in [-0.2, -0.15) is 0 Å². The molecule has 0 saturated heterocycles. The molecule has 2 heterocycles. The van der Waals surface area contributed by atoms with Gasteiger partial charge in [-0.3, -0.25) is 9.59 Å². The Morgan fingerprint density at radius 2 is 2.05 bits per heavy atom.